The van der Waals surface area contributed by atoms with Gasteiger partial charge in [0.1, 0.15) is 11.6 Å². The van der Waals surface area contributed by atoms with Crippen molar-refractivity contribution in [1.29, 1.82) is 0 Å². The monoisotopic (exact) mass is 415 g/mol. The van der Waals surface area contributed by atoms with E-state index in [4.69, 9.17) is 0 Å². The highest BCUT2D eigenvalue weighted by Crippen LogP contribution is 2.43. The fourth-order valence-electron chi connectivity index (χ4n) is 3.94. The van der Waals surface area contributed by atoms with Gasteiger partial charge in [-0.3, -0.25) is 14.5 Å². The van der Waals surface area contributed by atoms with E-state index in [1.54, 1.807) is 19.1 Å². The first-order valence-corrected chi connectivity index (χ1v) is 9.99. The van der Waals surface area contributed by atoms with Crippen molar-refractivity contribution in [3.05, 3.63) is 106 Å². The van der Waals surface area contributed by atoms with Crippen LogP contribution in [0.2, 0.25) is 0 Å². The molecular weight excluding hydrogens is 393 g/mol. The Hall–Kier alpha value is -3.73. The van der Waals surface area contributed by atoms with Gasteiger partial charge in [-0.2, -0.15) is 0 Å². The van der Waals surface area contributed by atoms with Crippen molar-refractivity contribution >= 4 is 23.1 Å². The van der Waals surface area contributed by atoms with Crippen LogP contribution < -0.4 is 4.90 Å². The zero-order valence-corrected chi connectivity index (χ0v) is 17.5. The van der Waals surface area contributed by atoms with Crippen LogP contribution in [0.15, 0.2) is 72.3 Å². The number of aliphatic hydroxyl groups is 1. The van der Waals surface area contributed by atoms with Gasteiger partial charge in [0.2, 0.25) is 0 Å². The molecule has 5 heteroatoms. The Morgan fingerprint density at radius 1 is 0.903 bits per heavy atom. The average Bonchev–Trinajstić information content (AvgIpc) is 3.01. The summed E-state index contributed by atoms with van der Waals surface area (Å²) >= 11 is 0. The van der Waals surface area contributed by atoms with E-state index in [1.165, 1.54) is 23.1 Å². The molecule has 156 valence electrons. The average molecular weight is 415 g/mol. The Morgan fingerprint density at radius 3 is 2.23 bits per heavy atom. The molecular formula is C26H22FNO3. The molecule has 1 saturated heterocycles. The minimum absolute atomic E-state index is 0.00844. The fraction of sp³-hybridized carbons (Fsp3) is 0.154. The van der Waals surface area contributed by atoms with Crippen molar-refractivity contribution in [1.82, 2.24) is 0 Å². The van der Waals surface area contributed by atoms with Crippen LogP contribution in [-0.2, 0) is 9.59 Å². The van der Waals surface area contributed by atoms with Crippen molar-refractivity contribution in [2.75, 3.05) is 4.90 Å². The summed E-state index contributed by atoms with van der Waals surface area (Å²) in [5, 5.41) is 11.1. The lowest BCUT2D eigenvalue weighted by Crippen LogP contribution is -2.29. The standard InChI is InChI=1S/C26H22FNO3/c1-15-8-11-19(12-9-15)28-23(20-7-5-4-6-16(20)2)22(25(30)26(28)31)24(29)18-10-13-21(27)17(3)14-18/h4-14,23,29H,1-3H3/b24-22+. The molecule has 4 nitrogen and oxygen atoms in total. The molecule has 1 amide bonds. The SMILES string of the molecule is Cc1ccc(N2C(=O)C(=O)/C(=C(/O)c3ccc(F)c(C)c3)C2c2ccccc2C)cc1. The summed E-state index contributed by atoms with van der Waals surface area (Å²) in [6, 6.07) is 18.1. The predicted octanol–water partition coefficient (Wildman–Crippen LogP) is 5.38. The molecule has 1 fully saturated rings. The van der Waals surface area contributed by atoms with Crippen molar-refractivity contribution in [2.24, 2.45) is 0 Å². The van der Waals surface area contributed by atoms with Crippen LogP contribution in [0.3, 0.4) is 0 Å². The lowest BCUT2D eigenvalue weighted by molar-refractivity contribution is -0.132. The van der Waals surface area contributed by atoms with E-state index in [1.807, 2.05) is 50.2 Å². The second-order valence-corrected chi connectivity index (χ2v) is 7.83. The smallest absolute Gasteiger partial charge is 0.300 e. The molecule has 1 unspecified atom stereocenters. The van der Waals surface area contributed by atoms with Crippen LogP contribution >= 0.6 is 0 Å². The van der Waals surface area contributed by atoms with E-state index in [0.717, 1.165) is 16.7 Å². The second kappa shape index (κ2) is 7.84. The third-order valence-corrected chi connectivity index (χ3v) is 5.67. The summed E-state index contributed by atoms with van der Waals surface area (Å²) in [4.78, 5) is 27.7. The molecule has 1 aliphatic heterocycles. The van der Waals surface area contributed by atoms with E-state index in [0.29, 0.717) is 16.8 Å². The van der Waals surface area contributed by atoms with E-state index < -0.39 is 23.5 Å². The van der Waals surface area contributed by atoms with Gasteiger partial charge in [-0.05, 0) is 67.8 Å². The maximum Gasteiger partial charge on any atom is 0.300 e. The summed E-state index contributed by atoms with van der Waals surface area (Å²) < 4.78 is 13.8. The van der Waals surface area contributed by atoms with Crippen molar-refractivity contribution in [2.45, 2.75) is 26.8 Å². The molecule has 1 N–H and O–H groups in total. The Bertz CT molecular complexity index is 1230. The number of hydrogen-bond acceptors (Lipinski definition) is 3. The number of aryl methyl sites for hydroxylation is 3. The molecule has 0 radical (unpaired) electrons. The number of rotatable bonds is 3. The maximum absolute atomic E-state index is 13.8. The molecule has 0 aliphatic carbocycles. The molecule has 1 aliphatic rings. The van der Waals surface area contributed by atoms with Gasteiger partial charge in [-0.25, -0.2) is 4.39 Å². The Kier molecular flexibility index (Phi) is 5.19. The Balaban J connectivity index is 1.97. The highest BCUT2D eigenvalue weighted by atomic mass is 19.1. The number of amides is 1. The van der Waals surface area contributed by atoms with Crippen LogP contribution in [0, 0.1) is 26.6 Å². The topological polar surface area (TPSA) is 57.6 Å². The largest absolute Gasteiger partial charge is 0.507 e. The fourth-order valence-corrected chi connectivity index (χ4v) is 3.94. The Morgan fingerprint density at radius 2 is 1.58 bits per heavy atom. The molecule has 1 atom stereocenters. The number of hydrogen-bond donors (Lipinski definition) is 1. The second-order valence-electron chi connectivity index (χ2n) is 7.83. The summed E-state index contributed by atoms with van der Waals surface area (Å²) in [6.07, 6.45) is 0. The number of carbonyl (C=O) groups excluding carboxylic acids is 2. The first kappa shape index (κ1) is 20.5. The molecule has 0 bridgehead atoms. The van der Waals surface area contributed by atoms with E-state index in [2.05, 4.69) is 0 Å². The number of Topliss-reactive ketones (excluding diaryl/α,β-unsaturated/α-hetero) is 1. The van der Waals surface area contributed by atoms with Crippen LogP contribution in [-0.4, -0.2) is 16.8 Å². The lowest BCUT2D eigenvalue weighted by Gasteiger charge is -2.26. The van der Waals surface area contributed by atoms with Gasteiger partial charge in [-0.1, -0.05) is 42.0 Å². The minimum Gasteiger partial charge on any atom is -0.507 e. The quantitative estimate of drug-likeness (QED) is 0.355. The number of halogens is 1. The van der Waals surface area contributed by atoms with Gasteiger partial charge in [0.25, 0.3) is 11.7 Å². The first-order valence-electron chi connectivity index (χ1n) is 9.99. The highest BCUT2D eigenvalue weighted by Gasteiger charge is 2.47. The molecule has 1 heterocycles. The molecule has 4 rings (SSSR count). The van der Waals surface area contributed by atoms with Crippen molar-refractivity contribution < 1.29 is 19.1 Å². The van der Waals surface area contributed by atoms with Gasteiger partial charge < -0.3 is 5.11 Å². The lowest BCUT2D eigenvalue weighted by atomic mass is 9.92. The Labute approximate surface area is 180 Å². The summed E-state index contributed by atoms with van der Waals surface area (Å²) in [7, 11) is 0. The molecule has 0 aromatic heterocycles. The van der Waals surface area contributed by atoms with E-state index in [-0.39, 0.29) is 11.3 Å². The number of anilines is 1. The summed E-state index contributed by atoms with van der Waals surface area (Å²) in [5.74, 6) is -2.21. The molecule has 3 aromatic carbocycles. The van der Waals surface area contributed by atoms with Gasteiger partial charge in [0.05, 0.1) is 11.6 Å². The first-order chi connectivity index (χ1) is 14.8. The number of nitrogens with zero attached hydrogens (tertiary/aromatic N) is 1. The predicted molar refractivity (Wildman–Crippen MR) is 118 cm³/mol. The highest BCUT2D eigenvalue weighted by molar-refractivity contribution is 6.51. The van der Waals surface area contributed by atoms with Crippen LogP contribution in [0.25, 0.3) is 5.76 Å². The van der Waals surface area contributed by atoms with E-state index >= 15 is 0 Å². The number of benzene rings is 3. The van der Waals surface area contributed by atoms with E-state index in [9.17, 15) is 19.1 Å². The zero-order valence-electron chi connectivity index (χ0n) is 17.5. The summed E-state index contributed by atoms with van der Waals surface area (Å²) in [5.41, 5.74) is 3.83. The zero-order chi connectivity index (χ0) is 22.3. The van der Waals surface area contributed by atoms with Crippen LogP contribution in [0.1, 0.15) is 33.9 Å². The number of carbonyl (C=O) groups is 2. The van der Waals surface area contributed by atoms with Gasteiger partial charge >= 0.3 is 0 Å². The molecule has 3 aromatic rings. The third-order valence-electron chi connectivity index (χ3n) is 5.67. The van der Waals surface area contributed by atoms with Crippen LogP contribution in [0.4, 0.5) is 10.1 Å². The molecule has 0 saturated carbocycles. The summed E-state index contributed by atoms with van der Waals surface area (Å²) in [6.45, 7) is 5.41. The van der Waals surface area contributed by atoms with Gasteiger partial charge in [0.15, 0.2) is 0 Å². The molecule has 0 spiro atoms. The minimum atomic E-state index is -0.797. The van der Waals surface area contributed by atoms with Gasteiger partial charge in [0, 0.05) is 11.3 Å². The van der Waals surface area contributed by atoms with Crippen molar-refractivity contribution in [3.8, 4) is 0 Å². The molecule has 31 heavy (non-hydrogen) atoms. The number of ketones is 1. The normalized spacial score (nSPS) is 17.9. The third kappa shape index (κ3) is 3.52. The van der Waals surface area contributed by atoms with Gasteiger partial charge in [-0.15, -0.1) is 0 Å². The number of aliphatic hydroxyl groups excluding tert-OH is 1. The van der Waals surface area contributed by atoms with Crippen LogP contribution in [0.5, 0.6) is 0 Å². The van der Waals surface area contributed by atoms with Crippen molar-refractivity contribution in [3.63, 3.8) is 0 Å². The maximum atomic E-state index is 13.8.